The largest absolute Gasteiger partial charge is 0.296 e. The standard InChI is InChI=1S/C17H18F2N2O2S.ClH/c18-15-6-4-14(5-7-15)13-20-8-10-21(11-9-20)24(22,23)17-3-1-2-16(19)12-17;/h1-7,12H,8-11,13H2;1H. The van der Waals surface area contributed by atoms with E-state index >= 15 is 0 Å². The van der Waals surface area contributed by atoms with E-state index in [1.54, 1.807) is 12.1 Å². The van der Waals surface area contributed by atoms with Gasteiger partial charge in [-0.05, 0) is 35.9 Å². The average Bonchev–Trinajstić information content (AvgIpc) is 2.57. The van der Waals surface area contributed by atoms with Crippen LogP contribution in [-0.2, 0) is 16.6 Å². The van der Waals surface area contributed by atoms with E-state index in [1.165, 1.54) is 34.6 Å². The molecule has 0 amide bonds. The number of halogens is 3. The highest BCUT2D eigenvalue weighted by Gasteiger charge is 2.28. The van der Waals surface area contributed by atoms with Gasteiger partial charge in [-0.25, -0.2) is 17.2 Å². The van der Waals surface area contributed by atoms with Crippen molar-refractivity contribution < 1.29 is 17.2 Å². The summed E-state index contributed by atoms with van der Waals surface area (Å²) in [7, 11) is -3.67. The smallest absolute Gasteiger partial charge is 0.243 e. The molecule has 0 unspecified atom stereocenters. The number of benzene rings is 2. The van der Waals surface area contributed by atoms with E-state index in [4.69, 9.17) is 0 Å². The van der Waals surface area contributed by atoms with Gasteiger partial charge in [0.1, 0.15) is 11.6 Å². The van der Waals surface area contributed by atoms with E-state index in [0.717, 1.165) is 11.6 Å². The molecule has 2 aromatic carbocycles. The van der Waals surface area contributed by atoms with E-state index in [1.807, 2.05) is 0 Å². The van der Waals surface area contributed by atoms with E-state index < -0.39 is 15.8 Å². The summed E-state index contributed by atoms with van der Waals surface area (Å²) in [5.74, 6) is -0.837. The number of hydrogen-bond donors (Lipinski definition) is 0. The number of piperazine rings is 1. The molecular formula is C17H19ClF2N2O2S. The Bertz CT molecular complexity index is 808. The molecule has 0 spiro atoms. The Morgan fingerprint density at radius 3 is 2.12 bits per heavy atom. The molecule has 0 aromatic heterocycles. The van der Waals surface area contributed by atoms with Crippen molar-refractivity contribution in [3.63, 3.8) is 0 Å². The molecule has 3 rings (SSSR count). The second-order valence-electron chi connectivity index (χ2n) is 5.76. The van der Waals surface area contributed by atoms with Crippen molar-refractivity contribution in [2.75, 3.05) is 26.2 Å². The summed E-state index contributed by atoms with van der Waals surface area (Å²) < 4.78 is 52.7. The van der Waals surface area contributed by atoms with Crippen molar-refractivity contribution in [2.24, 2.45) is 0 Å². The van der Waals surface area contributed by atoms with Crippen molar-refractivity contribution in [1.29, 1.82) is 0 Å². The highest BCUT2D eigenvalue weighted by atomic mass is 35.5. The van der Waals surface area contributed by atoms with Crippen LogP contribution in [0.25, 0.3) is 0 Å². The number of rotatable bonds is 4. The SMILES string of the molecule is Cl.O=S(=O)(c1cccc(F)c1)N1CCN(Cc2ccc(F)cc2)CC1. The summed E-state index contributed by atoms with van der Waals surface area (Å²) in [6.07, 6.45) is 0. The van der Waals surface area contributed by atoms with E-state index in [9.17, 15) is 17.2 Å². The fourth-order valence-electron chi connectivity index (χ4n) is 2.75. The topological polar surface area (TPSA) is 40.6 Å². The van der Waals surface area contributed by atoms with Gasteiger partial charge in [0.05, 0.1) is 4.90 Å². The first kappa shape index (κ1) is 19.8. The zero-order valence-corrected chi connectivity index (χ0v) is 15.1. The van der Waals surface area contributed by atoms with E-state index in [-0.39, 0.29) is 23.1 Å². The van der Waals surface area contributed by atoms with Gasteiger partial charge in [0.2, 0.25) is 10.0 Å². The highest BCUT2D eigenvalue weighted by molar-refractivity contribution is 7.89. The van der Waals surface area contributed by atoms with Crippen LogP contribution in [-0.4, -0.2) is 43.8 Å². The Labute approximate surface area is 152 Å². The molecule has 1 aliphatic heterocycles. The van der Waals surface area contributed by atoms with Crippen molar-refractivity contribution in [3.05, 3.63) is 65.7 Å². The Kier molecular flexibility index (Phi) is 6.51. The first-order chi connectivity index (χ1) is 11.4. The molecule has 8 heteroatoms. The maximum Gasteiger partial charge on any atom is 0.243 e. The summed E-state index contributed by atoms with van der Waals surface area (Å²) in [6.45, 7) is 2.49. The lowest BCUT2D eigenvalue weighted by Crippen LogP contribution is -2.48. The lowest BCUT2D eigenvalue weighted by atomic mass is 10.2. The molecule has 0 radical (unpaired) electrons. The third-order valence-corrected chi connectivity index (χ3v) is 5.98. The summed E-state index contributed by atoms with van der Waals surface area (Å²) in [4.78, 5) is 2.10. The minimum atomic E-state index is -3.67. The van der Waals surface area contributed by atoms with Crippen LogP contribution in [0.2, 0.25) is 0 Å². The van der Waals surface area contributed by atoms with Crippen molar-refractivity contribution in [1.82, 2.24) is 9.21 Å². The van der Waals surface area contributed by atoms with Gasteiger partial charge in [-0.15, -0.1) is 12.4 Å². The summed E-state index contributed by atoms with van der Waals surface area (Å²) in [5, 5.41) is 0. The predicted octanol–water partition coefficient (Wildman–Crippen LogP) is 2.89. The molecule has 136 valence electrons. The summed E-state index contributed by atoms with van der Waals surface area (Å²) in [5.41, 5.74) is 0.984. The second-order valence-corrected chi connectivity index (χ2v) is 7.70. The van der Waals surface area contributed by atoms with Crippen LogP contribution >= 0.6 is 12.4 Å². The minimum absolute atomic E-state index is 0. The molecule has 1 heterocycles. The third-order valence-electron chi connectivity index (χ3n) is 4.08. The maximum absolute atomic E-state index is 13.3. The Balaban J connectivity index is 0.00000225. The number of sulfonamides is 1. The fraction of sp³-hybridized carbons (Fsp3) is 0.294. The van der Waals surface area contributed by atoms with Crippen LogP contribution < -0.4 is 0 Å². The Hall–Kier alpha value is -1.54. The van der Waals surface area contributed by atoms with Crippen molar-refractivity contribution in [2.45, 2.75) is 11.4 Å². The lowest BCUT2D eigenvalue weighted by Gasteiger charge is -2.34. The maximum atomic E-state index is 13.3. The molecule has 2 aromatic rings. The molecule has 1 saturated heterocycles. The van der Waals surface area contributed by atoms with Gasteiger partial charge in [-0.2, -0.15) is 4.31 Å². The van der Waals surface area contributed by atoms with Gasteiger partial charge in [0.15, 0.2) is 0 Å². The van der Waals surface area contributed by atoms with E-state index in [0.29, 0.717) is 32.7 Å². The Morgan fingerprint density at radius 1 is 0.880 bits per heavy atom. The van der Waals surface area contributed by atoms with Crippen LogP contribution in [0.1, 0.15) is 5.56 Å². The number of nitrogens with zero attached hydrogens (tertiary/aromatic N) is 2. The van der Waals surface area contributed by atoms with Crippen LogP contribution in [0.5, 0.6) is 0 Å². The van der Waals surface area contributed by atoms with Crippen LogP contribution in [0.15, 0.2) is 53.4 Å². The molecule has 0 saturated carbocycles. The van der Waals surface area contributed by atoms with Crippen LogP contribution in [0.3, 0.4) is 0 Å². The second kappa shape index (κ2) is 8.23. The van der Waals surface area contributed by atoms with Gasteiger partial charge in [-0.1, -0.05) is 18.2 Å². The van der Waals surface area contributed by atoms with Gasteiger partial charge < -0.3 is 0 Å². The predicted molar refractivity (Wildman–Crippen MR) is 94.1 cm³/mol. The molecular weight excluding hydrogens is 370 g/mol. The monoisotopic (exact) mass is 388 g/mol. The summed E-state index contributed by atoms with van der Waals surface area (Å²) in [6, 6.07) is 11.4. The normalized spacial score (nSPS) is 16.4. The van der Waals surface area contributed by atoms with Gasteiger partial charge in [-0.3, -0.25) is 4.90 Å². The molecule has 1 aliphatic rings. The molecule has 1 fully saturated rings. The molecule has 0 atom stereocenters. The molecule has 0 N–H and O–H groups in total. The van der Waals surface area contributed by atoms with E-state index in [2.05, 4.69) is 4.90 Å². The lowest BCUT2D eigenvalue weighted by molar-refractivity contribution is 0.181. The third kappa shape index (κ3) is 4.76. The van der Waals surface area contributed by atoms with Crippen LogP contribution in [0.4, 0.5) is 8.78 Å². The average molecular weight is 389 g/mol. The minimum Gasteiger partial charge on any atom is -0.296 e. The molecule has 25 heavy (non-hydrogen) atoms. The first-order valence-electron chi connectivity index (χ1n) is 7.68. The Morgan fingerprint density at radius 2 is 1.52 bits per heavy atom. The van der Waals surface area contributed by atoms with Gasteiger partial charge in [0.25, 0.3) is 0 Å². The van der Waals surface area contributed by atoms with Crippen molar-refractivity contribution >= 4 is 22.4 Å². The highest BCUT2D eigenvalue weighted by Crippen LogP contribution is 2.19. The fourth-order valence-corrected chi connectivity index (χ4v) is 4.21. The number of hydrogen-bond acceptors (Lipinski definition) is 3. The van der Waals surface area contributed by atoms with Gasteiger partial charge >= 0.3 is 0 Å². The summed E-state index contributed by atoms with van der Waals surface area (Å²) >= 11 is 0. The van der Waals surface area contributed by atoms with Crippen molar-refractivity contribution in [3.8, 4) is 0 Å². The zero-order chi connectivity index (χ0) is 17.2. The molecule has 0 aliphatic carbocycles. The molecule has 0 bridgehead atoms. The van der Waals surface area contributed by atoms with Crippen LogP contribution in [0, 0.1) is 11.6 Å². The zero-order valence-electron chi connectivity index (χ0n) is 13.4. The van der Waals surface area contributed by atoms with Gasteiger partial charge in [0, 0.05) is 32.7 Å². The molecule has 4 nitrogen and oxygen atoms in total. The first-order valence-corrected chi connectivity index (χ1v) is 9.12. The quantitative estimate of drug-likeness (QED) is 0.808.